The van der Waals surface area contributed by atoms with E-state index in [2.05, 4.69) is 53.4 Å². The van der Waals surface area contributed by atoms with Crippen LogP contribution in [0.2, 0.25) is 0 Å². The number of thiophene rings is 1. The molecular weight excluding hydrogens is 512 g/mol. The molecular formula is C30H28N4O2S2. The van der Waals surface area contributed by atoms with Crippen LogP contribution in [0.5, 0.6) is 0 Å². The Hall–Kier alpha value is -3.56. The minimum absolute atomic E-state index is 0.0739. The van der Waals surface area contributed by atoms with E-state index in [-0.39, 0.29) is 10.9 Å². The summed E-state index contributed by atoms with van der Waals surface area (Å²) in [5.74, 6) is 0. The average molecular weight is 541 g/mol. The van der Waals surface area contributed by atoms with Crippen LogP contribution in [-0.2, 0) is 10.0 Å². The van der Waals surface area contributed by atoms with Gasteiger partial charge < -0.3 is 0 Å². The summed E-state index contributed by atoms with van der Waals surface area (Å²) < 4.78 is 31.3. The van der Waals surface area contributed by atoms with Crippen molar-refractivity contribution in [1.29, 1.82) is 0 Å². The van der Waals surface area contributed by atoms with Crippen molar-refractivity contribution in [2.24, 2.45) is 0 Å². The second kappa shape index (κ2) is 10.7. The molecule has 1 aliphatic rings. The fourth-order valence-electron chi connectivity index (χ4n) is 5.07. The molecule has 0 spiro atoms. The Labute approximate surface area is 227 Å². The smallest absolute Gasteiger partial charge is 0.246 e. The molecule has 3 aromatic carbocycles. The van der Waals surface area contributed by atoms with Crippen LogP contribution in [0.25, 0.3) is 16.3 Å². The molecule has 1 saturated heterocycles. The lowest BCUT2D eigenvalue weighted by Crippen LogP contribution is -2.49. The minimum Gasteiger partial charge on any atom is -0.290 e. The second-order valence-corrected chi connectivity index (χ2v) is 12.1. The van der Waals surface area contributed by atoms with Gasteiger partial charge in [-0.2, -0.15) is 9.40 Å². The monoisotopic (exact) mass is 540 g/mol. The van der Waals surface area contributed by atoms with Gasteiger partial charge in [-0.25, -0.2) is 13.1 Å². The molecule has 8 heteroatoms. The summed E-state index contributed by atoms with van der Waals surface area (Å²) in [6.45, 7) is 2.10. The number of sulfonamides is 1. The molecule has 0 aliphatic carbocycles. The van der Waals surface area contributed by atoms with E-state index < -0.39 is 10.0 Å². The molecule has 1 aliphatic heterocycles. The summed E-state index contributed by atoms with van der Waals surface area (Å²) in [7, 11) is -3.75. The first-order chi connectivity index (χ1) is 18.6. The highest BCUT2D eigenvalue weighted by atomic mass is 32.2. The molecule has 0 N–H and O–H groups in total. The van der Waals surface area contributed by atoms with Crippen molar-refractivity contribution in [3.8, 4) is 16.3 Å². The van der Waals surface area contributed by atoms with Gasteiger partial charge in [0, 0.05) is 26.2 Å². The number of para-hydroxylation sites is 1. The second-order valence-electron chi connectivity index (χ2n) is 9.26. The van der Waals surface area contributed by atoms with Gasteiger partial charge in [0.05, 0.1) is 22.8 Å². The molecule has 5 aromatic rings. The molecule has 0 bridgehead atoms. The Morgan fingerprint density at radius 3 is 1.84 bits per heavy atom. The molecule has 6 rings (SSSR count). The summed E-state index contributed by atoms with van der Waals surface area (Å²) in [6.07, 6.45) is 1.66. The van der Waals surface area contributed by atoms with E-state index in [1.165, 1.54) is 22.5 Å². The number of hydrogen-bond acceptors (Lipinski definition) is 5. The lowest BCUT2D eigenvalue weighted by atomic mass is 9.96. The normalized spacial score (nSPS) is 15.2. The summed E-state index contributed by atoms with van der Waals surface area (Å²) in [4.78, 5) is 3.47. The van der Waals surface area contributed by atoms with E-state index >= 15 is 0 Å². The highest BCUT2D eigenvalue weighted by Crippen LogP contribution is 2.34. The lowest BCUT2D eigenvalue weighted by Gasteiger charge is -2.39. The van der Waals surface area contributed by atoms with E-state index in [0.29, 0.717) is 31.9 Å². The van der Waals surface area contributed by atoms with Crippen molar-refractivity contribution in [2.75, 3.05) is 26.2 Å². The van der Waals surface area contributed by atoms with Gasteiger partial charge in [-0.05, 0) is 34.7 Å². The highest BCUT2D eigenvalue weighted by molar-refractivity contribution is 7.89. The fourth-order valence-corrected chi connectivity index (χ4v) is 7.41. The summed E-state index contributed by atoms with van der Waals surface area (Å²) in [6, 6.07) is 34.4. The molecule has 6 nitrogen and oxygen atoms in total. The molecule has 0 saturated carbocycles. The zero-order valence-electron chi connectivity index (χ0n) is 20.8. The van der Waals surface area contributed by atoms with E-state index in [0.717, 1.165) is 10.6 Å². The van der Waals surface area contributed by atoms with E-state index in [1.54, 1.807) is 15.2 Å². The van der Waals surface area contributed by atoms with Crippen molar-refractivity contribution in [1.82, 2.24) is 19.0 Å². The van der Waals surface area contributed by atoms with Crippen LogP contribution in [0.1, 0.15) is 17.2 Å². The van der Waals surface area contributed by atoms with Gasteiger partial charge in [-0.1, -0.05) is 84.9 Å². The Kier molecular flexibility index (Phi) is 6.95. The van der Waals surface area contributed by atoms with Gasteiger partial charge in [-0.15, -0.1) is 11.3 Å². The Morgan fingerprint density at radius 2 is 1.29 bits per heavy atom. The fraction of sp³-hybridized carbons (Fsp3) is 0.167. The van der Waals surface area contributed by atoms with Crippen molar-refractivity contribution in [3.63, 3.8) is 0 Å². The summed E-state index contributed by atoms with van der Waals surface area (Å²) in [5, 5.41) is 6.66. The highest BCUT2D eigenvalue weighted by Gasteiger charge is 2.35. The Balaban J connectivity index is 1.29. The van der Waals surface area contributed by atoms with Crippen molar-refractivity contribution < 1.29 is 8.42 Å². The van der Waals surface area contributed by atoms with Crippen molar-refractivity contribution in [3.05, 3.63) is 126 Å². The van der Waals surface area contributed by atoms with Crippen LogP contribution in [0, 0.1) is 0 Å². The number of aromatic nitrogens is 2. The first-order valence-electron chi connectivity index (χ1n) is 12.6. The molecule has 38 heavy (non-hydrogen) atoms. The quantitative estimate of drug-likeness (QED) is 0.266. The molecule has 2 aromatic heterocycles. The zero-order chi connectivity index (χ0) is 26.0. The third kappa shape index (κ3) is 4.83. The molecule has 0 unspecified atom stereocenters. The maximum atomic E-state index is 14.0. The minimum atomic E-state index is -3.75. The Morgan fingerprint density at radius 1 is 0.711 bits per heavy atom. The predicted octanol–water partition coefficient (Wildman–Crippen LogP) is 5.70. The maximum absolute atomic E-state index is 14.0. The van der Waals surface area contributed by atoms with Crippen molar-refractivity contribution >= 4 is 21.4 Å². The topological polar surface area (TPSA) is 58.4 Å². The van der Waals surface area contributed by atoms with Crippen LogP contribution in [0.4, 0.5) is 0 Å². The molecule has 192 valence electrons. The third-order valence-electron chi connectivity index (χ3n) is 6.94. The summed E-state index contributed by atoms with van der Waals surface area (Å²) >= 11 is 1.49. The van der Waals surface area contributed by atoms with Gasteiger partial charge in [0.2, 0.25) is 10.0 Å². The number of piperazine rings is 1. The zero-order valence-corrected chi connectivity index (χ0v) is 22.4. The number of nitrogens with zero attached hydrogens (tertiary/aromatic N) is 4. The van der Waals surface area contributed by atoms with E-state index in [1.807, 2.05) is 60.0 Å². The van der Waals surface area contributed by atoms with E-state index in [4.69, 9.17) is 5.10 Å². The average Bonchev–Trinajstić information content (AvgIpc) is 3.66. The van der Waals surface area contributed by atoms with Gasteiger partial charge >= 0.3 is 0 Å². The van der Waals surface area contributed by atoms with Gasteiger partial charge in [0.1, 0.15) is 10.6 Å². The predicted molar refractivity (Wildman–Crippen MR) is 152 cm³/mol. The largest absolute Gasteiger partial charge is 0.290 e. The molecule has 1 fully saturated rings. The van der Waals surface area contributed by atoms with Crippen LogP contribution >= 0.6 is 11.3 Å². The Bertz CT molecular complexity index is 1540. The van der Waals surface area contributed by atoms with Gasteiger partial charge in [0.25, 0.3) is 0 Å². The number of hydrogen-bond donors (Lipinski definition) is 0. The van der Waals surface area contributed by atoms with E-state index in [9.17, 15) is 8.42 Å². The SMILES string of the molecule is O=S(=O)(c1cn(-c2ccccc2)nc1-c1cccs1)N1CCN(C(c2ccccc2)c2ccccc2)CC1. The molecule has 0 radical (unpaired) electrons. The van der Waals surface area contributed by atoms with Gasteiger partial charge in [-0.3, -0.25) is 4.90 Å². The molecule has 0 amide bonds. The van der Waals surface area contributed by atoms with Crippen LogP contribution in [0.3, 0.4) is 0 Å². The van der Waals surface area contributed by atoms with Crippen LogP contribution in [-0.4, -0.2) is 53.6 Å². The first kappa shape index (κ1) is 24.8. The number of benzene rings is 3. The molecule has 3 heterocycles. The standard InChI is InChI=1S/C30H28N4O2S2/c35-38(36,28-23-34(26-15-8-3-9-16-26)31-29(28)27-17-10-22-37-27)33-20-18-32(19-21-33)30(24-11-4-1-5-12-24)25-13-6-2-7-14-25/h1-17,22-23,30H,18-21H2. The van der Waals surface area contributed by atoms with Crippen LogP contribution in [0.15, 0.2) is 120 Å². The third-order valence-corrected chi connectivity index (χ3v) is 9.72. The molecule has 0 atom stereocenters. The maximum Gasteiger partial charge on any atom is 0.246 e. The van der Waals surface area contributed by atoms with Crippen molar-refractivity contribution in [2.45, 2.75) is 10.9 Å². The number of rotatable bonds is 7. The lowest BCUT2D eigenvalue weighted by molar-refractivity contribution is 0.156. The first-order valence-corrected chi connectivity index (χ1v) is 15.0. The summed E-state index contributed by atoms with van der Waals surface area (Å²) in [5.41, 5.74) is 3.74. The van der Waals surface area contributed by atoms with Gasteiger partial charge in [0.15, 0.2) is 0 Å². The van der Waals surface area contributed by atoms with Crippen LogP contribution < -0.4 is 0 Å².